The Morgan fingerprint density at radius 3 is 2.00 bits per heavy atom. The third-order valence-corrected chi connectivity index (χ3v) is 4.37. The maximum Gasteiger partial charge on any atom is 0.412 e. The van der Waals surface area contributed by atoms with Crippen molar-refractivity contribution in [2.24, 2.45) is 0 Å². The summed E-state index contributed by atoms with van der Waals surface area (Å²) in [6, 6.07) is 6.17. The monoisotopic (exact) mass is 426 g/mol. The number of rotatable bonds is 5. The normalized spacial score (nSPS) is 11.8. The van der Waals surface area contributed by atoms with Crippen LogP contribution in [0.4, 0.5) is 9.59 Å². The number of hydrogen-bond donors (Lipinski definition) is 3. The Kier molecular flexibility index (Phi) is 6.00. The molecule has 0 unspecified atom stereocenters. The molecule has 10 nitrogen and oxygen atoms in total. The Labute approximate surface area is 176 Å². The van der Waals surface area contributed by atoms with Gasteiger partial charge in [0.05, 0.1) is 16.7 Å². The highest BCUT2D eigenvalue weighted by molar-refractivity contribution is 6.30. The summed E-state index contributed by atoms with van der Waals surface area (Å²) < 4.78 is 10.3. The molecule has 160 valence electrons. The second-order valence-corrected chi connectivity index (χ2v) is 6.38. The van der Waals surface area contributed by atoms with Crippen LogP contribution in [0, 0.1) is 0 Å². The molecule has 0 atom stereocenters. The Morgan fingerprint density at radius 1 is 0.839 bits per heavy atom. The van der Waals surface area contributed by atoms with E-state index in [0.717, 1.165) is 12.1 Å². The Bertz CT molecular complexity index is 1120. The zero-order valence-electron chi connectivity index (χ0n) is 16.6. The molecule has 0 spiro atoms. The molecule has 3 N–H and O–H groups in total. The van der Waals surface area contributed by atoms with E-state index < -0.39 is 35.5 Å². The van der Waals surface area contributed by atoms with E-state index >= 15 is 0 Å². The van der Waals surface area contributed by atoms with E-state index in [1.54, 1.807) is 13.8 Å². The van der Waals surface area contributed by atoms with Crippen LogP contribution in [-0.2, 0) is 0 Å². The highest BCUT2D eigenvalue weighted by atomic mass is 16.6. The van der Waals surface area contributed by atoms with Gasteiger partial charge in [0.25, 0.3) is 0 Å². The number of hydrogen-bond acceptors (Lipinski definition) is 7. The van der Waals surface area contributed by atoms with Gasteiger partial charge in [0.15, 0.2) is 5.78 Å². The molecule has 0 aliphatic heterocycles. The third kappa shape index (κ3) is 4.08. The van der Waals surface area contributed by atoms with Crippen LogP contribution in [-0.4, -0.2) is 47.9 Å². The van der Waals surface area contributed by atoms with Crippen molar-refractivity contribution in [3.8, 4) is 11.5 Å². The SMILES string of the molecule is CCNC(=O)Oc1cccc2c1C(=O)c1c(OC(=O)NCC)cc(C(=O)O)cc1C2=O. The number of fused-ring (bicyclic) bond motifs is 2. The summed E-state index contributed by atoms with van der Waals surface area (Å²) in [6.07, 6.45) is -1.74. The minimum absolute atomic E-state index is 0.0641. The zero-order chi connectivity index (χ0) is 22.7. The first kappa shape index (κ1) is 21.5. The maximum absolute atomic E-state index is 13.3. The molecule has 1 aliphatic rings. The summed E-state index contributed by atoms with van der Waals surface area (Å²) in [5.41, 5.74) is -1.11. The number of carbonyl (C=O) groups is 5. The number of carboxylic acids is 1. The molecule has 2 amide bonds. The van der Waals surface area contributed by atoms with E-state index in [1.165, 1.54) is 18.2 Å². The molecule has 2 aromatic carbocycles. The van der Waals surface area contributed by atoms with Gasteiger partial charge in [-0.3, -0.25) is 9.59 Å². The van der Waals surface area contributed by atoms with E-state index in [0.29, 0.717) is 0 Å². The molecule has 3 rings (SSSR count). The van der Waals surface area contributed by atoms with Crippen molar-refractivity contribution in [2.45, 2.75) is 13.8 Å². The lowest BCUT2D eigenvalue weighted by Gasteiger charge is -2.22. The quantitative estimate of drug-likeness (QED) is 0.563. The van der Waals surface area contributed by atoms with Crippen LogP contribution >= 0.6 is 0 Å². The van der Waals surface area contributed by atoms with Crippen molar-refractivity contribution in [1.82, 2.24) is 10.6 Å². The number of aromatic carboxylic acids is 1. The topological polar surface area (TPSA) is 148 Å². The van der Waals surface area contributed by atoms with Crippen LogP contribution in [0.2, 0.25) is 0 Å². The van der Waals surface area contributed by atoms with Gasteiger partial charge in [-0.1, -0.05) is 12.1 Å². The molecule has 0 fully saturated rings. The van der Waals surface area contributed by atoms with Crippen LogP contribution in [0.25, 0.3) is 0 Å². The molecule has 2 aromatic rings. The largest absolute Gasteiger partial charge is 0.478 e. The minimum atomic E-state index is -1.37. The molecule has 31 heavy (non-hydrogen) atoms. The molecule has 0 aromatic heterocycles. The lowest BCUT2D eigenvalue weighted by Crippen LogP contribution is -2.30. The predicted octanol–water partition coefficient (Wildman–Crippen LogP) is 2.38. The van der Waals surface area contributed by atoms with Gasteiger partial charge >= 0.3 is 18.2 Å². The fraction of sp³-hybridized carbons (Fsp3) is 0.190. The van der Waals surface area contributed by atoms with Gasteiger partial charge in [0.1, 0.15) is 11.5 Å². The molecule has 0 heterocycles. The Morgan fingerprint density at radius 2 is 1.42 bits per heavy atom. The highest BCUT2D eigenvalue weighted by Crippen LogP contribution is 2.38. The van der Waals surface area contributed by atoms with E-state index in [1.807, 2.05) is 0 Å². The molecule has 0 saturated heterocycles. The fourth-order valence-corrected chi connectivity index (χ4v) is 3.10. The van der Waals surface area contributed by atoms with Crippen molar-refractivity contribution in [3.05, 3.63) is 58.1 Å². The number of amides is 2. The van der Waals surface area contributed by atoms with Crippen molar-refractivity contribution in [1.29, 1.82) is 0 Å². The van der Waals surface area contributed by atoms with Crippen LogP contribution < -0.4 is 20.1 Å². The van der Waals surface area contributed by atoms with Gasteiger partial charge < -0.3 is 25.2 Å². The third-order valence-electron chi connectivity index (χ3n) is 4.37. The highest BCUT2D eigenvalue weighted by Gasteiger charge is 2.37. The van der Waals surface area contributed by atoms with Gasteiger partial charge in [-0.05, 0) is 32.0 Å². The lowest BCUT2D eigenvalue weighted by molar-refractivity contribution is 0.0695. The van der Waals surface area contributed by atoms with Gasteiger partial charge in [0, 0.05) is 24.2 Å². The molecule has 1 aliphatic carbocycles. The zero-order valence-corrected chi connectivity index (χ0v) is 16.6. The second kappa shape index (κ2) is 8.66. The first-order valence-corrected chi connectivity index (χ1v) is 9.33. The fourth-order valence-electron chi connectivity index (χ4n) is 3.10. The van der Waals surface area contributed by atoms with Crippen LogP contribution in [0.15, 0.2) is 30.3 Å². The number of ketones is 2. The van der Waals surface area contributed by atoms with Crippen LogP contribution in [0.5, 0.6) is 11.5 Å². The van der Waals surface area contributed by atoms with Gasteiger partial charge in [0.2, 0.25) is 5.78 Å². The first-order valence-electron chi connectivity index (χ1n) is 9.33. The molecule has 0 saturated carbocycles. The average molecular weight is 426 g/mol. The van der Waals surface area contributed by atoms with E-state index in [2.05, 4.69) is 10.6 Å². The molecule has 0 bridgehead atoms. The summed E-state index contributed by atoms with van der Waals surface area (Å²) in [5.74, 6) is -3.34. The van der Waals surface area contributed by atoms with E-state index in [-0.39, 0.29) is 46.7 Å². The Hall–Kier alpha value is -4.21. The number of benzene rings is 2. The average Bonchev–Trinajstić information content (AvgIpc) is 2.71. The lowest BCUT2D eigenvalue weighted by atomic mass is 9.82. The van der Waals surface area contributed by atoms with Crippen molar-refractivity contribution < 1.29 is 38.6 Å². The molecular weight excluding hydrogens is 408 g/mol. The van der Waals surface area contributed by atoms with E-state index in [9.17, 15) is 29.1 Å². The van der Waals surface area contributed by atoms with Crippen molar-refractivity contribution in [2.75, 3.05) is 13.1 Å². The number of carbonyl (C=O) groups excluding carboxylic acids is 4. The summed E-state index contributed by atoms with van der Waals surface area (Å²) in [5, 5.41) is 14.2. The number of nitrogens with one attached hydrogen (secondary N) is 2. The number of ether oxygens (including phenoxy) is 2. The van der Waals surface area contributed by atoms with Gasteiger partial charge in [-0.15, -0.1) is 0 Å². The van der Waals surface area contributed by atoms with Gasteiger partial charge in [-0.2, -0.15) is 0 Å². The van der Waals surface area contributed by atoms with Crippen molar-refractivity contribution in [3.63, 3.8) is 0 Å². The predicted molar refractivity (Wildman–Crippen MR) is 106 cm³/mol. The van der Waals surface area contributed by atoms with Gasteiger partial charge in [-0.25, -0.2) is 14.4 Å². The van der Waals surface area contributed by atoms with E-state index in [4.69, 9.17) is 9.47 Å². The van der Waals surface area contributed by atoms with Crippen LogP contribution in [0.1, 0.15) is 56.0 Å². The first-order chi connectivity index (χ1) is 14.8. The van der Waals surface area contributed by atoms with Crippen molar-refractivity contribution >= 4 is 29.7 Å². The summed E-state index contributed by atoms with van der Waals surface area (Å²) in [4.78, 5) is 61.7. The maximum atomic E-state index is 13.3. The summed E-state index contributed by atoms with van der Waals surface area (Å²) in [7, 11) is 0. The smallest absolute Gasteiger partial charge is 0.412 e. The molecule has 10 heteroatoms. The summed E-state index contributed by atoms with van der Waals surface area (Å²) >= 11 is 0. The molecular formula is C21H18N2O8. The molecule has 0 radical (unpaired) electrons. The number of carboxylic acid groups (broad SMARTS) is 1. The Balaban J connectivity index is 2.18. The summed E-state index contributed by atoms with van der Waals surface area (Å²) in [6.45, 7) is 3.82. The standard InChI is InChI=1S/C21H18N2O8/c1-3-22-20(28)30-13-7-5-6-11-15(13)18(25)16-12(17(11)24)8-10(19(26)27)9-14(16)31-21(29)23-4-2/h5-9H,3-4H2,1-2H3,(H,22,28)(H,23,29)(H,26,27). The van der Waals surface area contributed by atoms with Crippen LogP contribution in [0.3, 0.4) is 0 Å². The minimum Gasteiger partial charge on any atom is -0.478 e. The second-order valence-electron chi connectivity index (χ2n) is 6.38.